The lowest BCUT2D eigenvalue weighted by Gasteiger charge is -2.55. The number of aromatic nitrogens is 1. The Morgan fingerprint density at radius 3 is 2.38 bits per heavy atom. The molecule has 53 heavy (non-hydrogen) atoms. The topological polar surface area (TPSA) is 136 Å². The van der Waals surface area contributed by atoms with Crippen LogP contribution in [0.5, 0.6) is 5.75 Å². The van der Waals surface area contributed by atoms with Crippen molar-refractivity contribution in [2.45, 2.75) is 43.5 Å². The lowest BCUT2D eigenvalue weighted by molar-refractivity contribution is -0.189. The number of aryl methyl sites for hydroxylation is 1. The first-order valence-electron chi connectivity index (χ1n) is 17.3. The van der Waals surface area contributed by atoms with Gasteiger partial charge in [-0.15, -0.1) is 6.58 Å². The minimum Gasteiger partial charge on any atom is -0.508 e. The van der Waals surface area contributed by atoms with Gasteiger partial charge in [0.25, 0.3) is 10.0 Å². The largest absolute Gasteiger partial charge is 0.508 e. The molecule has 7 rings (SSSR count). The van der Waals surface area contributed by atoms with Gasteiger partial charge in [-0.3, -0.25) is 9.59 Å². The summed E-state index contributed by atoms with van der Waals surface area (Å²) in [4.78, 5) is 45.9. The van der Waals surface area contributed by atoms with Crippen LogP contribution in [-0.2, 0) is 39.1 Å². The number of benzene rings is 4. The summed E-state index contributed by atoms with van der Waals surface area (Å²) >= 11 is 0. The van der Waals surface area contributed by atoms with Gasteiger partial charge in [0, 0.05) is 37.6 Å². The molecule has 5 aromatic rings. The number of piperazine rings is 1. The second-order valence-electron chi connectivity index (χ2n) is 13.3. The third-order valence-electron chi connectivity index (χ3n) is 9.76. The van der Waals surface area contributed by atoms with E-state index in [9.17, 15) is 27.9 Å². The normalized spacial score (nSPS) is 17.9. The molecule has 4 amide bonds. The maximum absolute atomic E-state index is 14.5. The molecule has 2 N–H and O–H groups in total. The van der Waals surface area contributed by atoms with Crippen molar-refractivity contribution in [1.29, 1.82) is 0 Å². The summed E-state index contributed by atoms with van der Waals surface area (Å²) < 4.78 is 28.7. The first kappa shape index (κ1) is 35.5. The van der Waals surface area contributed by atoms with Crippen LogP contribution < -0.4 is 5.32 Å². The smallest absolute Gasteiger partial charge is 0.334 e. The summed E-state index contributed by atoms with van der Waals surface area (Å²) in [5, 5.41) is 16.7. The van der Waals surface area contributed by atoms with Gasteiger partial charge in [-0.1, -0.05) is 78.4 Å². The van der Waals surface area contributed by atoms with Gasteiger partial charge in [-0.2, -0.15) is 0 Å². The molecule has 13 heteroatoms. The zero-order chi connectivity index (χ0) is 37.3. The summed E-state index contributed by atoms with van der Waals surface area (Å²) in [6.07, 6.45) is 2.42. The fraction of sp³-hybridized carbons (Fsp3) is 0.225. The number of fused-ring (bicyclic) bond motifs is 2. The van der Waals surface area contributed by atoms with E-state index in [1.165, 1.54) is 32.2 Å². The molecule has 2 fully saturated rings. The second-order valence-corrected chi connectivity index (χ2v) is 15.1. The Kier molecular flexibility index (Phi) is 9.78. The molecule has 0 unspecified atom stereocenters. The first-order valence-corrected chi connectivity index (χ1v) is 18.7. The average molecular weight is 733 g/mol. The number of carbonyl (C=O) groups excluding carboxylic acids is 3. The number of hydrogen-bond acceptors (Lipinski definition) is 7. The predicted octanol–water partition coefficient (Wildman–Crippen LogP) is 4.63. The average Bonchev–Trinajstić information content (AvgIpc) is 3.60. The molecule has 4 aromatic carbocycles. The summed E-state index contributed by atoms with van der Waals surface area (Å²) in [5.74, 6) is -0.544. The van der Waals surface area contributed by atoms with Crippen LogP contribution in [0.2, 0.25) is 0 Å². The van der Waals surface area contributed by atoms with Crippen molar-refractivity contribution >= 4 is 38.8 Å². The third-order valence-corrected chi connectivity index (χ3v) is 11.5. The van der Waals surface area contributed by atoms with E-state index < -0.39 is 28.3 Å². The molecule has 272 valence electrons. The highest BCUT2D eigenvalue weighted by atomic mass is 32.2. The molecule has 2 saturated heterocycles. The number of carbonyl (C=O) groups is 3. The van der Waals surface area contributed by atoms with Gasteiger partial charge >= 0.3 is 6.03 Å². The second kappa shape index (κ2) is 14.6. The van der Waals surface area contributed by atoms with Gasteiger partial charge in [0.2, 0.25) is 11.8 Å². The highest BCUT2D eigenvalue weighted by molar-refractivity contribution is 7.90. The minimum absolute atomic E-state index is 0.00180. The number of urea groups is 1. The predicted molar refractivity (Wildman–Crippen MR) is 200 cm³/mol. The van der Waals surface area contributed by atoms with E-state index in [1.54, 1.807) is 70.6 Å². The monoisotopic (exact) mass is 732 g/mol. The Morgan fingerprint density at radius 1 is 0.925 bits per heavy atom. The van der Waals surface area contributed by atoms with Crippen LogP contribution in [0.25, 0.3) is 10.9 Å². The Hall–Kier alpha value is -5.92. The lowest BCUT2D eigenvalue weighted by Crippen LogP contribution is -2.76. The Labute approximate surface area is 308 Å². The fourth-order valence-electron chi connectivity index (χ4n) is 7.14. The van der Waals surface area contributed by atoms with Crippen LogP contribution in [0.3, 0.4) is 0 Å². The van der Waals surface area contributed by atoms with E-state index in [4.69, 9.17) is 0 Å². The molecule has 2 aliphatic heterocycles. The van der Waals surface area contributed by atoms with E-state index in [1.807, 2.05) is 43.3 Å². The molecule has 2 atom stereocenters. The van der Waals surface area contributed by atoms with Crippen molar-refractivity contribution in [3.63, 3.8) is 0 Å². The van der Waals surface area contributed by atoms with Crippen molar-refractivity contribution in [3.05, 3.63) is 144 Å². The van der Waals surface area contributed by atoms with Gasteiger partial charge < -0.3 is 20.2 Å². The highest BCUT2D eigenvalue weighted by Crippen LogP contribution is 2.32. The summed E-state index contributed by atoms with van der Waals surface area (Å²) in [5.41, 5.74) is 3.73. The third kappa shape index (κ3) is 7.00. The van der Waals surface area contributed by atoms with Crippen molar-refractivity contribution < 1.29 is 27.9 Å². The van der Waals surface area contributed by atoms with Crippen molar-refractivity contribution in [2.24, 2.45) is 0 Å². The van der Waals surface area contributed by atoms with Crippen LogP contribution >= 0.6 is 0 Å². The van der Waals surface area contributed by atoms with Crippen LogP contribution in [0.4, 0.5) is 4.79 Å². The van der Waals surface area contributed by atoms with E-state index in [0.717, 1.165) is 16.7 Å². The van der Waals surface area contributed by atoms with Gasteiger partial charge in [0.05, 0.1) is 23.5 Å². The Morgan fingerprint density at radius 2 is 1.66 bits per heavy atom. The number of hydrazine groups is 1. The Bertz CT molecular complexity index is 2270. The zero-order valence-electron chi connectivity index (χ0n) is 29.2. The quantitative estimate of drug-likeness (QED) is 0.200. The summed E-state index contributed by atoms with van der Waals surface area (Å²) in [6, 6.07) is 28.3. The van der Waals surface area contributed by atoms with E-state index in [2.05, 4.69) is 11.9 Å². The van der Waals surface area contributed by atoms with E-state index in [0.29, 0.717) is 16.5 Å². The van der Waals surface area contributed by atoms with E-state index in [-0.39, 0.29) is 61.6 Å². The van der Waals surface area contributed by atoms with Crippen LogP contribution in [0.1, 0.15) is 22.3 Å². The number of amides is 4. The number of nitrogens with zero attached hydrogens (tertiary/aromatic N) is 5. The zero-order valence-corrected chi connectivity index (χ0v) is 30.0. The maximum Gasteiger partial charge on any atom is 0.334 e. The molecule has 2 aliphatic rings. The van der Waals surface area contributed by atoms with Crippen molar-refractivity contribution in [1.82, 2.24) is 29.1 Å². The van der Waals surface area contributed by atoms with Crippen LogP contribution in [-0.4, -0.2) is 87.0 Å². The molecule has 0 bridgehead atoms. The number of rotatable bonds is 10. The van der Waals surface area contributed by atoms with Crippen molar-refractivity contribution in [2.75, 3.05) is 19.6 Å². The molecule has 3 heterocycles. The first-order chi connectivity index (χ1) is 25.5. The molecular weight excluding hydrogens is 693 g/mol. The number of aromatic hydroxyl groups is 1. The summed E-state index contributed by atoms with van der Waals surface area (Å²) in [7, 11) is -3.91. The number of phenols is 1. The Balaban J connectivity index is 1.25. The van der Waals surface area contributed by atoms with Gasteiger partial charge in [0.15, 0.2) is 0 Å². The standard InChI is InChI=1S/C40H40N6O6S/c1-3-21-43-27-38(48)45-36(23-29-14-16-32(47)17-15-29)39(49)42(26-37(45)46(43)40(50)41-24-30-8-5-4-6-9-30)25-31-10-7-11-35-34(31)20-22-44(35)53(51,52)33-18-12-28(2)13-19-33/h3-20,22,36-37,47H,1,21,23-27H2,2H3,(H,41,50)/t36-,37-/m0/s1. The van der Waals surface area contributed by atoms with Crippen LogP contribution in [0, 0.1) is 6.92 Å². The SMILES string of the molecule is C=CCN1CC(=O)N2[C@@H](Cc3ccc(O)cc3)C(=O)N(Cc3cccc4c3ccn4S(=O)(=O)c3ccc(C)cc3)C[C@@H]2N1C(=O)NCc1ccccc1. The molecule has 1 aromatic heterocycles. The van der Waals surface area contributed by atoms with E-state index >= 15 is 0 Å². The molecule has 0 radical (unpaired) electrons. The fourth-order valence-corrected chi connectivity index (χ4v) is 8.48. The molecule has 0 spiro atoms. The summed E-state index contributed by atoms with van der Waals surface area (Å²) in [6.45, 7) is 6.17. The molecular formula is C40H40N6O6S. The van der Waals surface area contributed by atoms with Gasteiger partial charge in [-0.05, 0) is 60.0 Å². The molecule has 0 aliphatic carbocycles. The lowest BCUT2D eigenvalue weighted by atomic mass is 9.98. The number of nitrogens with one attached hydrogen (secondary N) is 1. The molecule has 12 nitrogen and oxygen atoms in total. The van der Waals surface area contributed by atoms with Gasteiger partial charge in [0.1, 0.15) is 18.0 Å². The van der Waals surface area contributed by atoms with Gasteiger partial charge in [-0.25, -0.2) is 27.2 Å². The van der Waals surface area contributed by atoms with Crippen LogP contribution in [0.15, 0.2) is 127 Å². The molecule has 0 saturated carbocycles. The number of hydrogen-bond donors (Lipinski definition) is 2. The minimum atomic E-state index is -3.91. The maximum atomic E-state index is 14.5. The van der Waals surface area contributed by atoms with Crippen molar-refractivity contribution in [3.8, 4) is 5.75 Å². The highest BCUT2D eigenvalue weighted by Gasteiger charge is 2.51. The number of phenolic OH excluding ortho intramolecular Hbond substituents is 1.